The number of nitrogens with one attached hydrogen (secondary N) is 1. The average molecular weight is 388 g/mol. The first kappa shape index (κ1) is 17.2. The third-order valence-electron chi connectivity index (χ3n) is 3.62. The number of hydrogen-bond donors (Lipinski definition) is 2. The second-order valence-corrected chi connectivity index (χ2v) is 5.28. The zero-order valence-corrected chi connectivity index (χ0v) is 14.4. The van der Waals surface area contributed by atoms with E-state index < -0.39 is 0 Å². The smallest absolute Gasteiger partial charge is 0.193 e. The molecule has 0 radical (unpaired) electrons. The summed E-state index contributed by atoms with van der Waals surface area (Å²) in [5.41, 5.74) is 6.85. The van der Waals surface area contributed by atoms with Gasteiger partial charge in [-0.3, -0.25) is 4.99 Å². The van der Waals surface area contributed by atoms with Crippen LogP contribution < -0.4 is 11.1 Å². The number of rotatable bonds is 4. The van der Waals surface area contributed by atoms with Gasteiger partial charge in [-0.25, -0.2) is 0 Å². The lowest BCUT2D eigenvalue weighted by atomic mass is 9.99. The Morgan fingerprint density at radius 3 is 2.60 bits per heavy atom. The Hall–Kier alpha value is -0.820. The van der Waals surface area contributed by atoms with Crippen LogP contribution in [0.2, 0.25) is 0 Å². The molecule has 1 heterocycles. The van der Waals surface area contributed by atoms with Gasteiger partial charge in [0.1, 0.15) is 0 Å². The molecule has 3 N–H and O–H groups in total. The van der Waals surface area contributed by atoms with Crippen molar-refractivity contribution >= 4 is 35.6 Å². The SMILES string of the molecule is CC1CCN(CCN=C(N)Nc2ccccc2)CC1.I. The van der Waals surface area contributed by atoms with E-state index in [1.54, 1.807) is 0 Å². The number of likely N-dealkylation sites (tertiary alicyclic amines) is 1. The van der Waals surface area contributed by atoms with Gasteiger partial charge in [0.05, 0.1) is 6.54 Å². The topological polar surface area (TPSA) is 53.6 Å². The van der Waals surface area contributed by atoms with E-state index in [9.17, 15) is 0 Å². The molecule has 0 saturated carbocycles. The number of benzene rings is 1. The average Bonchev–Trinajstić information content (AvgIpc) is 2.42. The van der Waals surface area contributed by atoms with Crippen LogP contribution in [-0.4, -0.2) is 37.0 Å². The Morgan fingerprint density at radius 2 is 1.95 bits per heavy atom. The molecule has 20 heavy (non-hydrogen) atoms. The molecular weight excluding hydrogens is 363 g/mol. The normalized spacial score (nSPS) is 17.6. The van der Waals surface area contributed by atoms with Gasteiger partial charge in [-0.05, 0) is 44.0 Å². The molecule has 1 saturated heterocycles. The van der Waals surface area contributed by atoms with Gasteiger partial charge < -0.3 is 16.0 Å². The molecule has 1 aromatic carbocycles. The summed E-state index contributed by atoms with van der Waals surface area (Å²) < 4.78 is 0. The number of anilines is 1. The Kier molecular flexibility index (Phi) is 7.91. The number of nitrogens with zero attached hydrogens (tertiary/aromatic N) is 2. The molecule has 1 aliphatic rings. The highest BCUT2D eigenvalue weighted by Crippen LogP contribution is 2.15. The van der Waals surface area contributed by atoms with Crippen LogP contribution >= 0.6 is 24.0 Å². The van der Waals surface area contributed by atoms with Crippen molar-refractivity contribution in [1.82, 2.24) is 4.90 Å². The molecule has 0 aromatic heterocycles. The minimum atomic E-state index is 0. The highest BCUT2D eigenvalue weighted by Gasteiger charge is 2.14. The Bertz CT molecular complexity index is 400. The number of nitrogens with two attached hydrogens (primary N) is 1. The van der Waals surface area contributed by atoms with E-state index in [4.69, 9.17) is 5.73 Å². The fraction of sp³-hybridized carbons (Fsp3) is 0.533. The van der Waals surface area contributed by atoms with Crippen LogP contribution in [0.15, 0.2) is 35.3 Å². The van der Waals surface area contributed by atoms with Crippen LogP contribution in [-0.2, 0) is 0 Å². The summed E-state index contributed by atoms with van der Waals surface area (Å²) >= 11 is 0. The fourth-order valence-corrected chi connectivity index (χ4v) is 2.31. The summed E-state index contributed by atoms with van der Waals surface area (Å²) in [5.74, 6) is 1.38. The van der Waals surface area contributed by atoms with Gasteiger partial charge in [0, 0.05) is 12.2 Å². The largest absolute Gasteiger partial charge is 0.370 e. The van der Waals surface area contributed by atoms with Gasteiger partial charge >= 0.3 is 0 Å². The molecule has 0 bridgehead atoms. The summed E-state index contributed by atoms with van der Waals surface area (Å²) in [6, 6.07) is 9.90. The molecule has 112 valence electrons. The monoisotopic (exact) mass is 388 g/mol. The van der Waals surface area contributed by atoms with E-state index in [0.717, 1.165) is 24.7 Å². The van der Waals surface area contributed by atoms with Crippen molar-refractivity contribution in [2.45, 2.75) is 19.8 Å². The second kappa shape index (κ2) is 9.18. The maximum atomic E-state index is 5.86. The molecule has 5 heteroatoms. The lowest BCUT2D eigenvalue weighted by molar-refractivity contribution is 0.197. The maximum absolute atomic E-state index is 5.86. The van der Waals surface area contributed by atoms with Crippen molar-refractivity contribution in [1.29, 1.82) is 0 Å². The summed E-state index contributed by atoms with van der Waals surface area (Å²) in [5, 5.41) is 3.10. The number of piperidine rings is 1. The third-order valence-corrected chi connectivity index (χ3v) is 3.62. The molecule has 0 spiro atoms. The van der Waals surface area contributed by atoms with Gasteiger partial charge in [-0.2, -0.15) is 0 Å². The Balaban J connectivity index is 0.00000200. The lowest BCUT2D eigenvalue weighted by Crippen LogP contribution is -2.35. The molecule has 0 aliphatic carbocycles. The summed E-state index contributed by atoms with van der Waals surface area (Å²) in [6.45, 7) is 6.49. The van der Waals surface area contributed by atoms with Crippen molar-refractivity contribution in [2.24, 2.45) is 16.6 Å². The minimum absolute atomic E-state index is 0. The Morgan fingerprint density at radius 1 is 1.30 bits per heavy atom. The van der Waals surface area contributed by atoms with Crippen LogP contribution in [0.25, 0.3) is 0 Å². The van der Waals surface area contributed by atoms with Crippen molar-refractivity contribution in [2.75, 3.05) is 31.5 Å². The van der Waals surface area contributed by atoms with Crippen LogP contribution in [0.5, 0.6) is 0 Å². The van der Waals surface area contributed by atoms with E-state index in [1.807, 2.05) is 30.3 Å². The van der Waals surface area contributed by atoms with Crippen molar-refractivity contribution < 1.29 is 0 Å². The second-order valence-electron chi connectivity index (χ2n) is 5.28. The highest BCUT2D eigenvalue weighted by molar-refractivity contribution is 14.0. The fourth-order valence-electron chi connectivity index (χ4n) is 2.31. The zero-order chi connectivity index (χ0) is 13.5. The summed E-state index contributed by atoms with van der Waals surface area (Å²) in [4.78, 5) is 6.85. The van der Waals surface area contributed by atoms with Gasteiger partial charge in [0.2, 0.25) is 0 Å². The summed E-state index contributed by atoms with van der Waals surface area (Å²) in [6.07, 6.45) is 2.61. The third kappa shape index (κ3) is 6.09. The van der Waals surface area contributed by atoms with E-state index in [1.165, 1.54) is 25.9 Å². The number of guanidine groups is 1. The molecule has 1 fully saturated rings. The zero-order valence-electron chi connectivity index (χ0n) is 12.1. The predicted molar refractivity (Wildman–Crippen MR) is 96.8 cm³/mol. The van der Waals surface area contributed by atoms with Crippen LogP contribution in [0.3, 0.4) is 0 Å². The molecule has 2 rings (SSSR count). The first-order valence-corrected chi connectivity index (χ1v) is 7.08. The molecule has 0 atom stereocenters. The first-order chi connectivity index (χ1) is 9.24. The van der Waals surface area contributed by atoms with E-state index in [2.05, 4.69) is 22.1 Å². The van der Waals surface area contributed by atoms with Crippen LogP contribution in [0.1, 0.15) is 19.8 Å². The minimum Gasteiger partial charge on any atom is -0.370 e. The van der Waals surface area contributed by atoms with Crippen LogP contribution in [0, 0.1) is 5.92 Å². The van der Waals surface area contributed by atoms with Gasteiger partial charge in [0.25, 0.3) is 0 Å². The molecule has 4 nitrogen and oxygen atoms in total. The molecule has 0 unspecified atom stereocenters. The lowest BCUT2D eigenvalue weighted by Gasteiger charge is -2.29. The van der Waals surface area contributed by atoms with Crippen LogP contribution in [0.4, 0.5) is 5.69 Å². The molecule has 0 amide bonds. The maximum Gasteiger partial charge on any atom is 0.193 e. The van der Waals surface area contributed by atoms with Gasteiger partial charge in [-0.15, -0.1) is 24.0 Å². The number of aliphatic imine (C=N–C) groups is 1. The molecular formula is C15H25IN4. The predicted octanol–water partition coefficient (Wildman–Crippen LogP) is 2.76. The van der Waals surface area contributed by atoms with Crippen molar-refractivity contribution in [3.63, 3.8) is 0 Å². The van der Waals surface area contributed by atoms with E-state index in [0.29, 0.717) is 5.96 Å². The highest BCUT2D eigenvalue weighted by atomic mass is 127. The Labute approximate surface area is 138 Å². The quantitative estimate of drug-likeness (QED) is 0.474. The first-order valence-electron chi connectivity index (χ1n) is 7.08. The standard InChI is InChI=1S/C15H24N4.HI/c1-13-7-10-19(11-8-13)12-9-17-15(16)18-14-5-3-2-4-6-14;/h2-6,13H,7-12H2,1H3,(H3,16,17,18);1H. The number of hydrogen-bond acceptors (Lipinski definition) is 2. The van der Waals surface area contributed by atoms with Gasteiger partial charge in [-0.1, -0.05) is 25.1 Å². The van der Waals surface area contributed by atoms with Crippen molar-refractivity contribution in [3.8, 4) is 0 Å². The van der Waals surface area contributed by atoms with E-state index in [-0.39, 0.29) is 24.0 Å². The van der Waals surface area contributed by atoms with Crippen molar-refractivity contribution in [3.05, 3.63) is 30.3 Å². The molecule has 1 aliphatic heterocycles. The summed E-state index contributed by atoms with van der Waals surface area (Å²) in [7, 11) is 0. The van der Waals surface area contributed by atoms with Gasteiger partial charge in [0.15, 0.2) is 5.96 Å². The van der Waals surface area contributed by atoms with E-state index >= 15 is 0 Å². The number of halogens is 1. The molecule has 1 aromatic rings. The number of para-hydroxylation sites is 1.